The van der Waals surface area contributed by atoms with Gasteiger partial charge in [-0.2, -0.15) is 10.5 Å². The van der Waals surface area contributed by atoms with E-state index in [0.29, 0.717) is 18.8 Å². The first-order valence-electron chi connectivity index (χ1n) is 8.33. The highest BCUT2D eigenvalue weighted by atomic mass is 16.5. The van der Waals surface area contributed by atoms with Crippen molar-refractivity contribution in [2.24, 2.45) is 11.8 Å². The Morgan fingerprint density at radius 3 is 2.48 bits per heavy atom. The van der Waals surface area contributed by atoms with Crippen LogP contribution in [0, 0.1) is 34.5 Å². The molecule has 1 aromatic rings. The van der Waals surface area contributed by atoms with Crippen molar-refractivity contribution in [2.45, 2.75) is 50.5 Å². The van der Waals surface area contributed by atoms with Crippen molar-refractivity contribution in [1.82, 2.24) is 0 Å². The van der Waals surface area contributed by atoms with Crippen molar-refractivity contribution in [3.05, 3.63) is 23.8 Å². The Morgan fingerprint density at radius 1 is 1.13 bits per heavy atom. The minimum atomic E-state index is -0.0710. The predicted molar refractivity (Wildman–Crippen MR) is 86.1 cm³/mol. The van der Waals surface area contributed by atoms with Crippen LogP contribution in [0.5, 0.6) is 11.5 Å². The third-order valence-electron chi connectivity index (χ3n) is 5.29. The van der Waals surface area contributed by atoms with Gasteiger partial charge in [0, 0.05) is 18.8 Å². The summed E-state index contributed by atoms with van der Waals surface area (Å²) >= 11 is 0. The highest BCUT2D eigenvalue weighted by molar-refractivity contribution is 5.44. The number of hydrogen-bond acceptors (Lipinski definition) is 4. The van der Waals surface area contributed by atoms with E-state index in [0.717, 1.165) is 29.4 Å². The average molecular weight is 310 g/mol. The molecule has 0 N–H and O–H groups in total. The second-order valence-electron chi connectivity index (χ2n) is 6.66. The third kappa shape index (κ3) is 3.27. The van der Waals surface area contributed by atoms with Crippen molar-refractivity contribution in [3.8, 4) is 23.6 Å². The molecule has 3 atom stereocenters. The Bertz CT molecular complexity index is 628. The molecule has 2 saturated carbocycles. The van der Waals surface area contributed by atoms with Crippen molar-refractivity contribution < 1.29 is 9.47 Å². The number of ether oxygens (including phenoxy) is 2. The third-order valence-corrected chi connectivity index (χ3v) is 5.29. The minimum Gasteiger partial charge on any atom is -0.493 e. The van der Waals surface area contributed by atoms with Crippen molar-refractivity contribution in [2.75, 3.05) is 7.11 Å². The van der Waals surface area contributed by atoms with E-state index >= 15 is 0 Å². The lowest BCUT2D eigenvalue weighted by molar-refractivity contribution is 0.133. The van der Waals surface area contributed by atoms with Crippen LogP contribution in [-0.4, -0.2) is 13.2 Å². The summed E-state index contributed by atoms with van der Waals surface area (Å²) in [5.41, 5.74) is 0.979. The molecule has 120 valence electrons. The zero-order chi connectivity index (χ0) is 16.2. The average Bonchev–Trinajstić information content (AvgIpc) is 3.17. The summed E-state index contributed by atoms with van der Waals surface area (Å²) < 4.78 is 11.7. The van der Waals surface area contributed by atoms with Crippen LogP contribution in [-0.2, 0) is 0 Å². The molecule has 4 heteroatoms. The standard InChI is InChI=1S/C19H22N2O2/c1-22-17-5-4-15(14(6-8-20)7-9-21)12-19(17)23-18-11-13-2-3-16(18)10-13/h4-5,12-14,16,18H,2-3,6-7,10-11H2,1H3/t13-,16+,18+/m1/s1. The summed E-state index contributed by atoms with van der Waals surface area (Å²) in [6.07, 6.45) is 6.00. The maximum atomic E-state index is 8.98. The molecule has 2 fully saturated rings. The minimum absolute atomic E-state index is 0.0710. The molecule has 1 aromatic carbocycles. The molecule has 0 aromatic heterocycles. The van der Waals surface area contributed by atoms with E-state index in [2.05, 4.69) is 12.1 Å². The summed E-state index contributed by atoms with van der Waals surface area (Å²) in [4.78, 5) is 0. The smallest absolute Gasteiger partial charge is 0.161 e. The van der Waals surface area contributed by atoms with Gasteiger partial charge in [-0.25, -0.2) is 0 Å². The lowest BCUT2D eigenvalue weighted by Gasteiger charge is -2.25. The molecule has 3 rings (SSSR count). The predicted octanol–water partition coefficient (Wildman–Crippen LogP) is 4.17. The van der Waals surface area contributed by atoms with Gasteiger partial charge >= 0.3 is 0 Å². The molecule has 0 amide bonds. The van der Waals surface area contributed by atoms with E-state index in [4.69, 9.17) is 20.0 Å². The summed E-state index contributed by atoms with van der Waals surface area (Å²) in [7, 11) is 1.64. The van der Waals surface area contributed by atoms with Crippen molar-refractivity contribution in [1.29, 1.82) is 10.5 Å². The number of nitrogens with zero attached hydrogens (tertiary/aromatic N) is 2. The van der Waals surface area contributed by atoms with E-state index in [1.54, 1.807) is 7.11 Å². The number of rotatable bonds is 6. The van der Waals surface area contributed by atoms with Gasteiger partial charge < -0.3 is 9.47 Å². The van der Waals surface area contributed by atoms with Gasteiger partial charge in [0.1, 0.15) is 6.10 Å². The van der Waals surface area contributed by atoms with Gasteiger partial charge in [-0.05, 0) is 55.2 Å². The molecule has 0 spiro atoms. The molecular weight excluding hydrogens is 288 g/mol. The fourth-order valence-corrected chi connectivity index (χ4v) is 4.06. The lowest BCUT2D eigenvalue weighted by Crippen LogP contribution is -2.23. The Labute approximate surface area is 137 Å². The monoisotopic (exact) mass is 310 g/mol. The SMILES string of the molecule is COc1ccc(C(CC#N)CC#N)cc1O[C@H]1C[C@@H]2CC[C@H]1C2. The van der Waals surface area contributed by atoms with Crippen LogP contribution < -0.4 is 9.47 Å². The second-order valence-corrected chi connectivity index (χ2v) is 6.66. The van der Waals surface area contributed by atoms with Gasteiger partial charge in [0.25, 0.3) is 0 Å². The Morgan fingerprint density at radius 2 is 1.91 bits per heavy atom. The maximum absolute atomic E-state index is 8.98. The molecule has 2 bridgehead atoms. The molecule has 2 aliphatic carbocycles. The van der Waals surface area contributed by atoms with Crippen LogP contribution in [0.2, 0.25) is 0 Å². The van der Waals surface area contributed by atoms with E-state index < -0.39 is 0 Å². The number of benzene rings is 1. The van der Waals surface area contributed by atoms with E-state index in [-0.39, 0.29) is 12.0 Å². The Kier molecular flexibility index (Phi) is 4.72. The largest absolute Gasteiger partial charge is 0.493 e. The zero-order valence-corrected chi connectivity index (χ0v) is 13.5. The first-order chi connectivity index (χ1) is 11.2. The number of methoxy groups -OCH3 is 1. The molecule has 0 saturated heterocycles. The number of nitriles is 2. The quantitative estimate of drug-likeness (QED) is 0.790. The van der Waals surface area contributed by atoms with Gasteiger partial charge in [0.15, 0.2) is 11.5 Å². The van der Waals surface area contributed by atoms with Gasteiger partial charge in [0.2, 0.25) is 0 Å². The van der Waals surface area contributed by atoms with Crippen molar-refractivity contribution in [3.63, 3.8) is 0 Å². The highest BCUT2D eigenvalue weighted by Crippen LogP contribution is 2.47. The normalized spacial score (nSPS) is 25.1. The molecule has 2 aliphatic rings. The van der Waals surface area contributed by atoms with Crippen LogP contribution in [0.15, 0.2) is 18.2 Å². The van der Waals surface area contributed by atoms with Gasteiger partial charge in [-0.1, -0.05) is 6.07 Å². The molecule has 4 nitrogen and oxygen atoms in total. The second kappa shape index (κ2) is 6.92. The molecule has 0 aliphatic heterocycles. The van der Waals surface area contributed by atoms with Crippen LogP contribution in [0.1, 0.15) is 50.0 Å². The first kappa shape index (κ1) is 15.7. The fraction of sp³-hybridized carbons (Fsp3) is 0.579. The Balaban J connectivity index is 1.81. The summed E-state index contributed by atoms with van der Waals surface area (Å²) in [5, 5.41) is 18.0. The fourth-order valence-electron chi connectivity index (χ4n) is 4.06. The zero-order valence-electron chi connectivity index (χ0n) is 13.5. The van der Waals surface area contributed by atoms with Crippen LogP contribution in [0.25, 0.3) is 0 Å². The van der Waals surface area contributed by atoms with E-state index in [9.17, 15) is 0 Å². The van der Waals surface area contributed by atoms with E-state index in [1.807, 2.05) is 18.2 Å². The van der Waals surface area contributed by atoms with Crippen LogP contribution in [0.4, 0.5) is 0 Å². The summed E-state index contributed by atoms with van der Waals surface area (Å²) in [6.45, 7) is 0. The van der Waals surface area contributed by atoms with Crippen molar-refractivity contribution >= 4 is 0 Å². The van der Waals surface area contributed by atoms with Crippen LogP contribution >= 0.6 is 0 Å². The molecule has 0 unspecified atom stereocenters. The molecule has 23 heavy (non-hydrogen) atoms. The lowest BCUT2D eigenvalue weighted by atomic mass is 9.93. The maximum Gasteiger partial charge on any atom is 0.161 e. The summed E-state index contributed by atoms with van der Waals surface area (Å²) in [5.74, 6) is 2.90. The van der Waals surface area contributed by atoms with Gasteiger partial charge in [-0.15, -0.1) is 0 Å². The topological polar surface area (TPSA) is 66.0 Å². The number of hydrogen-bond donors (Lipinski definition) is 0. The molecule has 0 heterocycles. The highest BCUT2D eigenvalue weighted by Gasteiger charge is 2.41. The number of fused-ring (bicyclic) bond motifs is 2. The molecular formula is C19H22N2O2. The van der Waals surface area contributed by atoms with Crippen LogP contribution in [0.3, 0.4) is 0 Å². The van der Waals surface area contributed by atoms with E-state index in [1.165, 1.54) is 19.3 Å². The summed E-state index contributed by atoms with van der Waals surface area (Å²) in [6, 6.07) is 10.1. The first-order valence-corrected chi connectivity index (χ1v) is 8.33. The van der Waals surface area contributed by atoms with Gasteiger partial charge in [-0.3, -0.25) is 0 Å². The Hall–Kier alpha value is -2.20. The van der Waals surface area contributed by atoms with Gasteiger partial charge in [0.05, 0.1) is 19.2 Å². The molecule has 0 radical (unpaired) electrons.